The SMILES string of the molecule is CNCCC=Cc1ccc2sccc2c1. The first-order valence-corrected chi connectivity index (χ1v) is 6.06. The van der Waals surface area contributed by atoms with Gasteiger partial charge < -0.3 is 5.32 Å². The molecule has 0 aliphatic heterocycles. The zero-order valence-electron chi connectivity index (χ0n) is 8.86. The Morgan fingerprint density at radius 1 is 1.33 bits per heavy atom. The maximum absolute atomic E-state index is 3.13. The van der Waals surface area contributed by atoms with Crippen molar-refractivity contribution in [1.82, 2.24) is 5.32 Å². The largest absolute Gasteiger partial charge is 0.319 e. The van der Waals surface area contributed by atoms with Gasteiger partial charge in [0.1, 0.15) is 0 Å². The molecule has 0 amide bonds. The van der Waals surface area contributed by atoms with Crippen LogP contribution in [0.4, 0.5) is 0 Å². The molecule has 0 saturated heterocycles. The van der Waals surface area contributed by atoms with E-state index in [1.54, 1.807) is 11.3 Å². The summed E-state index contributed by atoms with van der Waals surface area (Å²) >= 11 is 1.79. The van der Waals surface area contributed by atoms with E-state index in [9.17, 15) is 0 Å². The van der Waals surface area contributed by atoms with Crippen molar-refractivity contribution in [2.75, 3.05) is 13.6 Å². The van der Waals surface area contributed by atoms with Crippen molar-refractivity contribution in [1.29, 1.82) is 0 Å². The third-order valence-corrected chi connectivity index (χ3v) is 3.25. The second-order valence-electron chi connectivity index (χ2n) is 3.51. The van der Waals surface area contributed by atoms with Crippen molar-refractivity contribution < 1.29 is 0 Å². The Labute approximate surface area is 94.4 Å². The second kappa shape index (κ2) is 5.10. The highest BCUT2D eigenvalue weighted by Gasteiger charge is 1.94. The zero-order valence-corrected chi connectivity index (χ0v) is 9.68. The maximum Gasteiger partial charge on any atom is 0.0343 e. The lowest BCUT2D eigenvalue weighted by atomic mass is 10.1. The molecular formula is C13H15NS. The van der Waals surface area contributed by atoms with Crippen LogP contribution in [0.2, 0.25) is 0 Å². The molecule has 1 aromatic carbocycles. The average Bonchev–Trinajstić information content (AvgIpc) is 2.71. The van der Waals surface area contributed by atoms with Gasteiger partial charge in [-0.15, -0.1) is 11.3 Å². The predicted molar refractivity (Wildman–Crippen MR) is 69.4 cm³/mol. The van der Waals surface area contributed by atoms with Crippen molar-refractivity contribution in [3.8, 4) is 0 Å². The monoisotopic (exact) mass is 217 g/mol. The zero-order chi connectivity index (χ0) is 10.5. The fraction of sp³-hybridized carbons (Fsp3) is 0.231. The summed E-state index contributed by atoms with van der Waals surface area (Å²) < 4.78 is 1.36. The first kappa shape index (κ1) is 10.4. The third kappa shape index (κ3) is 2.67. The minimum absolute atomic E-state index is 1.04. The minimum atomic E-state index is 1.04. The van der Waals surface area contributed by atoms with Crippen LogP contribution in [0.5, 0.6) is 0 Å². The highest BCUT2D eigenvalue weighted by molar-refractivity contribution is 7.17. The van der Waals surface area contributed by atoms with Crippen LogP contribution >= 0.6 is 11.3 Å². The Morgan fingerprint density at radius 2 is 2.27 bits per heavy atom. The number of fused-ring (bicyclic) bond motifs is 1. The third-order valence-electron chi connectivity index (χ3n) is 2.35. The van der Waals surface area contributed by atoms with E-state index in [1.165, 1.54) is 15.6 Å². The topological polar surface area (TPSA) is 12.0 Å². The van der Waals surface area contributed by atoms with Gasteiger partial charge in [-0.3, -0.25) is 0 Å². The molecule has 1 nitrogen and oxygen atoms in total. The number of nitrogens with one attached hydrogen (secondary N) is 1. The van der Waals surface area contributed by atoms with Gasteiger partial charge in [0, 0.05) is 4.70 Å². The minimum Gasteiger partial charge on any atom is -0.319 e. The Hall–Kier alpha value is -1.12. The molecule has 1 aromatic heterocycles. The maximum atomic E-state index is 3.13. The molecule has 0 fully saturated rings. The van der Waals surface area contributed by atoms with E-state index in [0.717, 1.165) is 13.0 Å². The molecule has 1 N–H and O–H groups in total. The lowest BCUT2D eigenvalue weighted by Crippen LogP contribution is -2.05. The van der Waals surface area contributed by atoms with Gasteiger partial charge in [-0.2, -0.15) is 0 Å². The van der Waals surface area contributed by atoms with Crippen LogP contribution in [-0.4, -0.2) is 13.6 Å². The lowest BCUT2D eigenvalue weighted by molar-refractivity contribution is 0.809. The molecule has 2 heteroatoms. The first-order chi connectivity index (χ1) is 7.40. The standard InChI is InChI=1S/C13H15NS/c1-14-8-3-2-4-11-5-6-13-12(10-11)7-9-15-13/h2,4-7,9-10,14H,3,8H2,1H3. The van der Waals surface area contributed by atoms with E-state index in [1.807, 2.05) is 7.05 Å². The van der Waals surface area contributed by atoms with E-state index in [0.29, 0.717) is 0 Å². The molecule has 0 atom stereocenters. The van der Waals surface area contributed by atoms with Gasteiger partial charge in [0.25, 0.3) is 0 Å². The molecular weight excluding hydrogens is 202 g/mol. The Bertz CT molecular complexity index is 456. The van der Waals surface area contributed by atoms with Crippen molar-refractivity contribution >= 4 is 27.5 Å². The summed E-state index contributed by atoms with van der Waals surface area (Å²) in [5, 5.41) is 6.61. The van der Waals surface area contributed by atoms with Gasteiger partial charge in [-0.25, -0.2) is 0 Å². The van der Waals surface area contributed by atoms with Crippen LogP contribution < -0.4 is 5.32 Å². The van der Waals surface area contributed by atoms with Crippen LogP contribution in [0, 0.1) is 0 Å². The van der Waals surface area contributed by atoms with E-state index >= 15 is 0 Å². The summed E-state index contributed by atoms with van der Waals surface area (Å²) in [7, 11) is 1.98. The summed E-state index contributed by atoms with van der Waals surface area (Å²) in [6, 6.07) is 8.78. The van der Waals surface area contributed by atoms with Crippen molar-refractivity contribution in [2.24, 2.45) is 0 Å². The number of thiophene rings is 1. The van der Waals surface area contributed by atoms with E-state index < -0.39 is 0 Å². The summed E-state index contributed by atoms with van der Waals surface area (Å²) in [6.45, 7) is 1.04. The lowest BCUT2D eigenvalue weighted by Gasteiger charge is -1.95. The molecule has 0 aliphatic rings. The fourth-order valence-corrected chi connectivity index (χ4v) is 2.31. The quantitative estimate of drug-likeness (QED) is 0.773. The smallest absolute Gasteiger partial charge is 0.0343 e. The molecule has 15 heavy (non-hydrogen) atoms. The van der Waals surface area contributed by atoms with Crippen molar-refractivity contribution in [3.63, 3.8) is 0 Å². The van der Waals surface area contributed by atoms with Crippen LogP contribution in [0.1, 0.15) is 12.0 Å². The van der Waals surface area contributed by atoms with Gasteiger partial charge in [-0.05, 0) is 54.5 Å². The van der Waals surface area contributed by atoms with Gasteiger partial charge in [0.15, 0.2) is 0 Å². The van der Waals surface area contributed by atoms with Gasteiger partial charge in [-0.1, -0.05) is 18.2 Å². The molecule has 2 rings (SSSR count). The molecule has 0 unspecified atom stereocenters. The number of hydrogen-bond acceptors (Lipinski definition) is 2. The molecule has 0 saturated carbocycles. The average molecular weight is 217 g/mol. The Balaban J connectivity index is 2.10. The molecule has 78 valence electrons. The molecule has 0 aliphatic carbocycles. The van der Waals surface area contributed by atoms with Crippen LogP contribution in [0.3, 0.4) is 0 Å². The summed E-state index contributed by atoms with van der Waals surface area (Å²) in [6.07, 6.45) is 5.48. The number of hydrogen-bond donors (Lipinski definition) is 1. The first-order valence-electron chi connectivity index (χ1n) is 5.18. The van der Waals surface area contributed by atoms with Crippen LogP contribution in [-0.2, 0) is 0 Å². The summed E-state index contributed by atoms with van der Waals surface area (Å²) in [5.41, 5.74) is 1.29. The highest BCUT2D eigenvalue weighted by Crippen LogP contribution is 2.22. The van der Waals surface area contributed by atoms with E-state index in [4.69, 9.17) is 0 Å². The summed E-state index contributed by atoms with van der Waals surface area (Å²) in [4.78, 5) is 0. The number of benzene rings is 1. The van der Waals surface area contributed by atoms with Crippen LogP contribution in [0.15, 0.2) is 35.7 Å². The molecule has 2 aromatic rings. The molecule has 0 bridgehead atoms. The van der Waals surface area contributed by atoms with E-state index in [2.05, 4.69) is 47.1 Å². The normalized spacial score (nSPS) is 11.5. The highest BCUT2D eigenvalue weighted by atomic mass is 32.1. The molecule has 0 radical (unpaired) electrons. The van der Waals surface area contributed by atoms with Crippen molar-refractivity contribution in [3.05, 3.63) is 41.3 Å². The molecule has 0 spiro atoms. The number of rotatable bonds is 4. The second-order valence-corrected chi connectivity index (χ2v) is 4.46. The fourth-order valence-electron chi connectivity index (χ4n) is 1.54. The predicted octanol–water partition coefficient (Wildman–Crippen LogP) is 3.52. The van der Waals surface area contributed by atoms with Gasteiger partial charge in [0.05, 0.1) is 0 Å². The van der Waals surface area contributed by atoms with Gasteiger partial charge >= 0.3 is 0 Å². The van der Waals surface area contributed by atoms with Crippen molar-refractivity contribution in [2.45, 2.75) is 6.42 Å². The molecule has 1 heterocycles. The van der Waals surface area contributed by atoms with Gasteiger partial charge in [0.2, 0.25) is 0 Å². The Morgan fingerprint density at radius 3 is 3.13 bits per heavy atom. The summed E-state index contributed by atoms with van der Waals surface area (Å²) in [5.74, 6) is 0. The van der Waals surface area contributed by atoms with Crippen LogP contribution in [0.25, 0.3) is 16.2 Å². The van der Waals surface area contributed by atoms with E-state index in [-0.39, 0.29) is 0 Å². The Kier molecular flexibility index (Phi) is 3.54.